The van der Waals surface area contributed by atoms with Crippen molar-refractivity contribution in [1.29, 1.82) is 0 Å². The molecule has 0 radical (unpaired) electrons. The van der Waals surface area contributed by atoms with Crippen LogP contribution in [-0.4, -0.2) is 48.5 Å². The maximum absolute atomic E-state index is 14.8. The molecule has 1 N–H and O–H groups in total. The third kappa shape index (κ3) is 7.68. The zero-order chi connectivity index (χ0) is 25.8. The zero-order valence-electron chi connectivity index (χ0n) is 20.7. The summed E-state index contributed by atoms with van der Waals surface area (Å²) in [5.74, 6) is -1.51. The largest absolute Gasteiger partial charge is 0.392 e. The van der Waals surface area contributed by atoms with Gasteiger partial charge in [-0.3, -0.25) is 9.36 Å². The summed E-state index contributed by atoms with van der Waals surface area (Å²) in [6.07, 6.45) is 2.82. The quantitative estimate of drug-likeness (QED) is 0.270. The van der Waals surface area contributed by atoms with Crippen molar-refractivity contribution in [2.75, 3.05) is 27.2 Å². The number of benzene rings is 2. The highest BCUT2D eigenvalue weighted by atomic mass is 35.5. The van der Waals surface area contributed by atoms with Gasteiger partial charge in [0.25, 0.3) is 5.56 Å². The predicted molar refractivity (Wildman–Crippen MR) is 153 cm³/mol. The van der Waals surface area contributed by atoms with Crippen molar-refractivity contribution in [1.82, 2.24) is 14.8 Å². The Labute approximate surface area is 242 Å². The molecule has 1 aromatic heterocycles. The van der Waals surface area contributed by atoms with Crippen molar-refractivity contribution < 1.29 is 13.6 Å². The minimum atomic E-state index is -0.801. The number of piperidine rings is 1. The average Bonchev–Trinajstić information content (AvgIpc) is 2.81. The molecule has 1 aliphatic rings. The van der Waals surface area contributed by atoms with E-state index >= 15 is 0 Å². The summed E-state index contributed by atoms with van der Waals surface area (Å²) in [5, 5.41) is 8.09. The summed E-state index contributed by atoms with van der Waals surface area (Å²) in [5.41, 5.74) is 1.32. The van der Waals surface area contributed by atoms with E-state index in [1.807, 2.05) is 19.0 Å². The highest BCUT2D eigenvalue weighted by molar-refractivity contribution is 6.37. The summed E-state index contributed by atoms with van der Waals surface area (Å²) < 4.78 is 29.8. The predicted octanol–water partition coefficient (Wildman–Crippen LogP) is 5.85. The molecule has 0 unspecified atom stereocenters. The molecule has 0 bridgehead atoms. The van der Waals surface area contributed by atoms with Crippen LogP contribution in [-0.2, 0) is 11.4 Å². The molecule has 4 rings (SSSR count). The Bertz CT molecular complexity index is 1320. The van der Waals surface area contributed by atoms with E-state index in [1.54, 1.807) is 12.1 Å². The lowest BCUT2D eigenvalue weighted by atomic mass is 10.0. The molecular formula is C26H28Cl4F2N4O2. The lowest BCUT2D eigenvalue weighted by molar-refractivity contribution is 0.0378. The molecule has 206 valence electrons. The minimum absolute atomic E-state index is 0. The average molecular weight is 608 g/mol. The first kappa shape index (κ1) is 32.0. The monoisotopic (exact) mass is 606 g/mol. The lowest BCUT2D eigenvalue weighted by Gasteiger charge is -2.21. The van der Waals surface area contributed by atoms with E-state index in [0.717, 1.165) is 43.6 Å². The van der Waals surface area contributed by atoms with Gasteiger partial charge in [-0.05, 0) is 75.9 Å². The van der Waals surface area contributed by atoms with Crippen LogP contribution in [0.4, 0.5) is 8.78 Å². The Hall–Kier alpha value is -2.20. The van der Waals surface area contributed by atoms with Gasteiger partial charge in [0.05, 0.1) is 15.7 Å². The van der Waals surface area contributed by atoms with Crippen LogP contribution >= 0.6 is 48.0 Å². The maximum atomic E-state index is 14.8. The van der Waals surface area contributed by atoms with Crippen molar-refractivity contribution in [2.24, 2.45) is 5.16 Å². The van der Waals surface area contributed by atoms with Gasteiger partial charge in [-0.2, -0.15) is 0 Å². The minimum Gasteiger partial charge on any atom is -0.392 e. The fourth-order valence-electron chi connectivity index (χ4n) is 4.07. The van der Waals surface area contributed by atoms with E-state index in [2.05, 4.69) is 10.5 Å². The summed E-state index contributed by atoms with van der Waals surface area (Å²) in [7, 11) is 3.84. The number of oxime groups is 1. The molecule has 0 aliphatic carbocycles. The first-order valence-electron chi connectivity index (χ1n) is 11.5. The van der Waals surface area contributed by atoms with Crippen LogP contribution in [0.5, 0.6) is 0 Å². The molecule has 0 saturated carbocycles. The van der Waals surface area contributed by atoms with Gasteiger partial charge in [0.15, 0.2) is 0 Å². The van der Waals surface area contributed by atoms with Crippen molar-refractivity contribution in [2.45, 2.75) is 25.5 Å². The molecule has 1 saturated heterocycles. The smallest absolute Gasteiger partial charge is 0.255 e. The van der Waals surface area contributed by atoms with Crippen LogP contribution in [0.15, 0.2) is 58.6 Å². The van der Waals surface area contributed by atoms with Gasteiger partial charge in [-0.15, -0.1) is 24.8 Å². The molecule has 12 heteroatoms. The number of pyridine rings is 1. The molecule has 6 nitrogen and oxygen atoms in total. The van der Waals surface area contributed by atoms with E-state index in [4.69, 9.17) is 28.0 Å². The molecule has 2 aromatic carbocycles. The van der Waals surface area contributed by atoms with Gasteiger partial charge in [0, 0.05) is 36.0 Å². The fraction of sp³-hybridized carbons (Fsp3) is 0.308. The van der Waals surface area contributed by atoms with E-state index in [-0.39, 0.29) is 57.8 Å². The topological polar surface area (TPSA) is 58.9 Å². The number of hydrogen-bond acceptors (Lipinski definition) is 5. The summed E-state index contributed by atoms with van der Waals surface area (Å²) in [6.45, 7) is 2.18. The van der Waals surface area contributed by atoms with Crippen LogP contribution in [0.1, 0.15) is 29.5 Å². The Morgan fingerprint density at radius 1 is 1.08 bits per heavy atom. The number of nitrogens with one attached hydrogen (secondary N) is 1. The van der Waals surface area contributed by atoms with E-state index in [9.17, 15) is 13.6 Å². The Balaban J connectivity index is 0.00000253. The number of rotatable bonds is 7. The Morgan fingerprint density at radius 3 is 2.34 bits per heavy atom. The number of halogens is 6. The third-order valence-electron chi connectivity index (χ3n) is 5.77. The fourth-order valence-corrected chi connectivity index (χ4v) is 4.79. The second kappa shape index (κ2) is 14.3. The van der Waals surface area contributed by atoms with E-state index < -0.39 is 11.6 Å². The molecule has 0 spiro atoms. The van der Waals surface area contributed by atoms with Gasteiger partial charge < -0.3 is 15.1 Å². The number of hydrogen-bond donors (Lipinski definition) is 1. The highest BCUT2D eigenvalue weighted by Gasteiger charge is 2.20. The Morgan fingerprint density at radius 2 is 1.74 bits per heavy atom. The van der Waals surface area contributed by atoms with Gasteiger partial charge in [0.2, 0.25) is 0 Å². The van der Waals surface area contributed by atoms with Gasteiger partial charge in [-0.25, -0.2) is 8.78 Å². The molecule has 1 fully saturated rings. The van der Waals surface area contributed by atoms with Crippen molar-refractivity contribution in [3.05, 3.63) is 97.4 Å². The molecule has 2 heterocycles. The standard InChI is InChI=1S/C26H26Cl2F2N4O2.2ClH/c1-33(2)14-16-11-21(27)26(22(28)12-16)34-15-17(3-6-24(34)35)25(20-5-4-18(29)13-23(20)30)32-36-19-7-9-31-10-8-19;;/h3-6,11-13,15,19,31H,7-10,14H2,1-2H3;2*1H. The molecule has 38 heavy (non-hydrogen) atoms. The molecule has 0 atom stereocenters. The van der Waals surface area contributed by atoms with E-state index in [1.165, 1.54) is 29.0 Å². The summed E-state index contributed by atoms with van der Waals surface area (Å²) >= 11 is 13.1. The van der Waals surface area contributed by atoms with Crippen molar-refractivity contribution in [3.63, 3.8) is 0 Å². The summed E-state index contributed by atoms with van der Waals surface area (Å²) in [6, 6.07) is 9.54. The van der Waals surface area contributed by atoms with Crippen LogP contribution in [0.25, 0.3) is 5.69 Å². The first-order valence-corrected chi connectivity index (χ1v) is 12.2. The van der Waals surface area contributed by atoms with Crippen LogP contribution in [0.3, 0.4) is 0 Å². The molecular weight excluding hydrogens is 580 g/mol. The SMILES string of the molecule is CN(C)Cc1cc(Cl)c(-n2cc(C(=NOC3CCNCC3)c3ccc(F)cc3F)ccc2=O)c(Cl)c1.Cl.Cl. The second-order valence-corrected chi connectivity index (χ2v) is 9.71. The molecule has 1 aliphatic heterocycles. The Kier molecular flexibility index (Phi) is 12.0. The van der Waals surface area contributed by atoms with Crippen molar-refractivity contribution in [3.8, 4) is 5.69 Å². The van der Waals surface area contributed by atoms with Crippen LogP contribution in [0.2, 0.25) is 10.0 Å². The normalized spacial score (nSPS) is 14.1. The molecule has 3 aromatic rings. The van der Waals surface area contributed by atoms with Gasteiger partial charge in [-0.1, -0.05) is 28.4 Å². The second-order valence-electron chi connectivity index (χ2n) is 8.89. The van der Waals surface area contributed by atoms with Crippen molar-refractivity contribution >= 4 is 53.7 Å². The lowest BCUT2D eigenvalue weighted by Crippen LogP contribution is -2.31. The number of aromatic nitrogens is 1. The highest BCUT2D eigenvalue weighted by Crippen LogP contribution is 2.30. The van der Waals surface area contributed by atoms with Gasteiger partial charge >= 0.3 is 0 Å². The van der Waals surface area contributed by atoms with Gasteiger partial charge in [0.1, 0.15) is 23.5 Å². The number of nitrogens with zero attached hydrogens (tertiary/aromatic N) is 3. The summed E-state index contributed by atoms with van der Waals surface area (Å²) in [4.78, 5) is 20.6. The molecule has 0 amide bonds. The van der Waals surface area contributed by atoms with Crippen LogP contribution < -0.4 is 10.9 Å². The third-order valence-corrected chi connectivity index (χ3v) is 6.34. The maximum Gasteiger partial charge on any atom is 0.255 e. The van der Waals surface area contributed by atoms with E-state index in [0.29, 0.717) is 17.8 Å². The zero-order valence-corrected chi connectivity index (χ0v) is 23.9. The first-order chi connectivity index (χ1) is 17.2. The van der Waals surface area contributed by atoms with Crippen LogP contribution in [0, 0.1) is 11.6 Å².